The molecular weight excluding hydrogens is 228 g/mol. The van der Waals surface area contributed by atoms with Crippen LogP contribution in [-0.4, -0.2) is 23.8 Å². The highest BCUT2D eigenvalue weighted by Crippen LogP contribution is 2.10. The molecule has 0 saturated carbocycles. The summed E-state index contributed by atoms with van der Waals surface area (Å²) in [6.07, 6.45) is 0.762. The van der Waals surface area contributed by atoms with Crippen LogP contribution in [0.15, 0.2) is 24.3 Å². The van der Waals surface area contributed by atoms with Crippen molar-refractivity contribution in [3.05, 3.63) is 29.8 Å². The number of carbonyl (C=O) groups is 1. The third-order valence-electron chi connectivity index (χ3n) is 2.59. The lowest BCUT2D eigenvalue weighted by molar-refractivity contribution is 0.214. The lowest BCUT2D eigenvalue weighted by atomic mass is 10.0. The van der Waals surface area contributed by atoms with Crippen molar-refractivity contribution in [1.29, 1.82) is 0 Å². The molecule has 18 heavy (non-hydrogen) atoms. The molecule has 100 valence electrons. The van der Waals surface area contributed by atoms with Gasteiger partial charge in [-0.1, -0.05) is 26.0 Å². The molecular formula is C14H22N2O2. The number of hydrogen-bond donors (Lipinski definition) is 3. The zero-order chi connectivity index (χ0) is 13.5. The van der Waals surface area contributed by atoms with E-state index in [2.05, 4.69) is 24.5 Å². The molecule has 1 atom stereocenters. The van der Waals surface area contributed by atoms with Crippen LogP contribution in [0.2, 0.25) is 0 Å². The summed E-state index contributed by atoms with van der Waals surface area (Å²) in [5.41, 5.74) is 1.85. The molecule has 1 unspecified atom stereocenters. The predicted molar refractivity (Wildman–Crippen MR) is 73.7 cm³/mol. The Morgan fingerprint density at radius 3 is 2.67 bits per heavy atom. The van der Waals surface area contributed by atoms with Crippen molar-refractivity contribution >= 4 is 11.7 Å². The van der Waals surface area contributed by atoms with E-state index < -0.39 is 0 Å². The van der Waals surface area contributed by atoms with Crippen LogP contribution in [0.3, 0.4) is 0 Å². The van der Waals surface area contributed by atoms with Gasteiger partial charge in [0.15, 0.2) is 0 Å². The molecule has 4 nitrogen and oxygen atoms in total. The number of rotatable bonds is 5. The zero-order valence-electron chi connectivity index (χ0n) is 11.2. The third-order valence-corrected chi connectivity index (χ3v) is 2.59. The number of amides is 2. The van der Waals surface area contributed by atoms with Crippen molar-refractivity contribution in [3.63, 3.8) is 0 Å². The van der Waals surface area contributed by atoms with Crippen LogP contribution in [0.4, 0.5) is 10.5 Å². The molecule has 0 heterocycles. The Morgan fingerprint density at radius 2 is 2.11 bits per heavy atom. The largest absolute Gasteiger partial charge is 0.394 e. The number of benzene rings is 1. The molecule has 0 aliphatic carbocycles. The van der Waals surface area contributed by atoms with Gasteiger partial charge >= 0.3 is 6.03 Å². The van der Waals surface area contributed by atoms with Gasteiger partial charge in [0.1, 0.15) is 0 Å². The number of aryl methyl sites for hydroxylation is 1. The Balaban J connectivity index is 2.50. The molecule has 0 aliphatic heterocycles. The van der Waals surface area contributed by atoms with Crippen LogP contribution in [0.5, 0.6) is 0 Å². The van der Waals surface area contributed by atoms with Crippen molar-refractivity contribution < 1.29 is 9.90 Å². The molecule has 4 heteroatoms. The molecule has 0 saturated heterocycles. The van der Waals surface area contributed by atoms with Gasteiger partial charge in [0, 0.05) is 5.69 Å². The first-order chi connectivity index (χ1) is 8.51. The Hall–Kier alpha value is -1.55. The highest BCUT2D eigenvalue weighted by molar-refractivity contribution is 5.89. The van der Waals surface area contributed by atoms with E-state index in [0.717, 1.165) is 17.7 Å². The van der Waals surface area contributed by atoms with Crippen LogP contribution in [0.25, 0.3) is 0 Å². The van der Waals surface area contributed by atoms with E-state index in [0.29, 0.717) is 5.92 Å². The average Bonchev–Trinajstić information content (AvgIpc) is 2.27. The lowest BCUT2D eigenvalue weighted by Crippen LogP contribution is -2.40. The van der Waals surface area contributed by atoms with Gasteiger partial charge in [0.25, 0.3) is 0 Å². The van der Waals surface area contributed by atoms with Gasteiger partial charge in [-0.05, 0) is 37.0 Å². The predicted octanol–water partition coefficient (Wildman–Crippen LogP) is 2.52. The van der Waals surface area contributed by atoms with Crippen molar-refractivity contribution in [2.75, 3.05) is 11.9 Å². The van der Waals surface area contributed by atoms with Gasteiger partial charge in [-0.25, -0.2) is 4.79 Å². The minimum Gasteiger partial charge on any atom is -0.394 e. The molecule has 3 N–H and O–H groups in total. The highest BCUT2D eigenvalue weighted by Gasteiger charge is 2.12. The topological polar surface area (TPSA) is 61.4 Å². The Bertz CT molecular complexity index is 391. The number of hydrogen-bond acceptors (Lipinski definition) is 2. The summed E-state index contributed by atoms with van der Waals surface area (Å²) in [7, 11) is 0. The van der Waals surface area contributed by atoms with Crippen LogP contribution in [0.1, 0.15) is 25.8 Å². The first-order valence-corrected chi connectivity index (χ1v) is 6.26. The fourth-order valence-corrected chi connectivity index (χ4v) is 1.82. The van der Waals surface area contributed by atoms with Gasteiger partial charge in [0.2, 0.25) is 0 Å². The van der Waals surface area contributed by atoms with E-state index in [-0.39, 0.29) is 18.7 Å². The molecule has 2 amide bonds. The summed E-state index contributed by atoms with van der Waals surface area (Å²) in [5.74, 6) is 0.432. The fourth-order valence-electron chi connectivity index (χ4n) is 1.82. The van der Waals surface area contributed by atoms with Crippen molar-refractivity contribution in [1.82, 2.24) is 5.32 Å². The van der Waals surface area contributed by atoms with E-state index in [9.17, 15) is 9.90 Å². The van der Waals surface area contributed by atoms with Gasteiger partial charge in [-0.2, -0.15) is 0 Å². The standard InChI is InChI=1S/C14H22N2O2/c1-10(2)7-13(9-17)16-14(18)15-12-6-4-5-11(3)8-12/h4-6,8,10,13,17H,7,9H2,1-3H3,(H2,15,16,18). The summed E-state index contributed by atoms with van der Waals surface area (Å²) in [5, 5.41) is 14.7. The van der Waals surface area contributed by atoms with E-state index >= 15 is 0 Å². The van der Waals surface area contributed by atoms with Crippen LogP contribution >= 0.6 is 0 Å². The molecule has 0 aromatic heterocycles. The first kappa shape index (κ1) is 14.5. The second-order valence-corrected chi connectivity index (χ2v) is 4.98. The first-order valence-electron chi connectivity index (χ1n) is 6.26. The van der Waals surface area contributed by atoms with Crippen LogP contribution in [-0.2, 0) is 0 Å². The second kappa shape index (κ2) is 7.01. The van der Waals surface area contributed by atoms with Gasteiger partial charge in [-0.15, -0.1) is 0 Å². The molecule has 0 fully saturated rings. The number of urea groups is 1. The Kier molecular flexibility index (Phi) is 5.65. The van der Waals surface area contributed by atoms with E-state index in [1.54, 1.807) is 0 Å². The molecule has 0 aliphatic rings. The molecule has 1 aromatic rings. The number of anilines is 1. The van der Waals surface area contributed by atoms with Gasteiger partial charge in [0.05, 0.1) is 12.6 Å². The van der Waals surface area contributed by atoms with Crippen molar-refractivity contribution in [2.45, 2.75) is 33.2 Å². The maximum absolute atomic E-state index is 11.7. The van der Waals surface area contributed by atoms with Crippen LogP contribution < -0.4 is 10.6 Å². The number of aliphatic hydroxyl groups excluding tert-OH is 1. The SMILES string of the molecule is Cc1cccc(NC(=O)NC(CO)CC(C)C)c1. The smallest absolute Gasteiger partial charge is 0.319 e. The van der Waals surface area contributed by atoms with Crippen LogP contribution in [0, 0.1) is 12.8 Å². The number of aliphatic hydroxyl groups is 1. The molecule has 0 bridgehead atoms. The summed E-state index contributed by atoms with van der Waals surface area (Å²) >= 11 is 0. The van der Waals surface area contributed by atoms with E-state index in [1.807, 2.05) is 31.2 Å². The Morgan fingerprint density at radius 1 is 1.39 bits per heavy atom. The number of carbonyl (C=O) groups excluding carboxylic acids is 1. The minimum absolute atomic E-state index is 0.0422. The molecule has 1 aromatic carbocycles. The third kappa shape index (κ3) is 5.19. The quantitative estimate of drug-likeness (QED) is 0.752. The summed E-state index contributed by atoms with van der Waals surface area (Å²) < 4.78 is 0. The second-order valence-electron chi connectivity index (χ2n) is 4.98. The van der Waals surface area contributed by atoms with Gasteiger partial charge in [-0.3, -0.25) is 0 Å². The van der Waals surface area contributed by atoms with Crippen molar-refractivity contribution in [3.8, 4) is 0 Å². The minimum atomic E-state index is -0.277. The fraction of sp³-hybridized carbons (Fsp3) is 0.500. The molecule has 1 rings (SSSR count). The Labute approximate surface area is 108 Å². The maximum Gasteiger partial charge on any atom is 0.319 e. The summed E-state index contributed by atoms with van der Waals surface area (Å²) in [6.45, 7) is 6.05. The normalized spacial score (nSPS) is 12.3. The van der Waals surface area contributed by atoms with Gasteiger partial charge < -0.3 is 15.7 Å². The number of nitrogens with one attached hydrogen (secondary N) is 2. The highest BCUT2D eigenvalue weighted by atomic mass is 16.3. The van der Waals surface area contributed by atoms with E-state index in [1.165, 1.54) is 0 Å². The maximum atomic E-state index is 11.7. The van der Waals surface area contributed by atoms with E-state index in [4.69, 9.17) is 0 Å². The summed E-state index contributed by atoms with van der Waals surface area (Å²) in [6, 6.07) is 7.12. The lowest BCUT2D eigenvalue weighted by Gasteiger charge is -2.18. The molecule has 0 spiro atoms. The molecule has 0 radical (unpaired) electrons. The average molecular weight is 250 g/mol. The summed E-state index contributed by atoms with van der Waals surface area (Å²) in [4.78, 5) is 11.7. The monoisotopic (exact) mass is 250 g/mol. The zero-order valence-corrected chi connectivity index (χ0v) is 11.2. The van der Waals surface area contributed by atoms with Crippen molar-refractivity contribution in [2.24, 2.45) is 5.92 Å².